The molecule has 0 saturated heterocycles. The number of carboxylic acids is 1. The first-order valence-electron chi connectivity index (χ1n) is 8.33. The van der Waals surface area contributed by atoms with Gasteiger partial charge in [-0.2, -0.15) is 0 Å². The summed E-state index contributed by atoms with van der Waals surface area (Å²) in [6.07, 6.45) is 2.78. The second-order valence-corrected chi connectivity index (χ2v) is 6.59. The molecule has 4 rings (SSSR count). The van der Waals surface area contributed by atoms with Crippen molar-refractivity contribution in [1.82, 2.24) is 4.98 Å². The minimum Gasteiger partial charge on any atom is -0.508 e. The molecule has 3 aromatic rings. The second-order valence-electron chi connectivity index (χ2n) is 6.59. The molecule has 0 spiro atoms. The van der Waals surface area contributed by atoms with E-state index in [1.54, 1.807) is 12.1 Å². The largest absolute Gasteiger partial charge is 0.508 e. The molecule has 2 aromatic carbocycles. The van der Waals surface area contributed by atoms with Crippen LogP contribution in [0.1, 0.15) is 39.2 Å². The van der Waals surface area contributed by atoms with Crippen LogP contribution < -0.4 is 4.74 Å². The molecule has 0 fully saturated rings. The second kappa shape index (κ2) is 5.55. The van der Waals surface area contributed by atoms with E-state index in [1.807, 2.05) is 26.0 Å². The van der Waals surface area contributed by atoms with Crippen molar-refractivity contribution in [3.8, 4) is 17.2 Å². The lowest BCUT2D eigenvalue weighted by atomic mass is 10.0. The van der Waals surface area contributed by atoms with Gasteiger partial charge in [-0.15, -0.1) is 0 Å². The summed E-state index contributed by atoms with van der Waals surface area (Å²) in [6, 6.07) is 7.04. The van der Waals surface area contributed by atoms with Gasteiger partial charge in [0.25, 0.3) is 0 Å². The average Bonchev–Trinajstić information content (AvgIpc) is 3.20. The normalized spacial score (nSPS) is 13.2. The van der Waals surface area contributed by atoms with Crippen molar-refractivity contribution in [2.24, 2.45) is 0 Å². The molecule has 1 aromatic heterocycles. The molecular formula is C20H19NO4. The number of aromatic nitrogens is 1. The lowest BCUT2D eigenvalue weighted by molar-refractivity contribution is 0.0691. The monoisotopic (exact) mass is 337 g/mol. The highest BCUT2D eigenvalue weighted by atomic mass is 16.5. The predicted octanol–water partition coefficient (Wildman–Crippen LogP) is 4.47. The fourth-order valence-corrected chi connectivity index (χ4v) is 3.73. The molecule has 0 bridgehead atoms. The summed E-state index contributed by atoms with van der Waals surface area (Å²) >= 11 is 0. The van der Waals surface area contributed by atoms with Crippen molar-refractivity contribution in [2.45, 2.75) is 33.1 Å². The van der Waals surface area contributed by atoms with Crippen LogP contribution in [0.4, 0.5) is 0 Å². The van der Waals surface area contributed by atoms with Crippen LogP contribution in [0.15, 0.2) is 24.3 Å². The van der Waals surface area contributed by atoms with Gasteiger partial charge >= 0.3 is 5.97 Å². The number of aromatic hydroxyl groups is 1. The maximum absolute atomic E-state index is 11.2. The first kappa shape index (κ1) is 15.6. The molecule has 0 atom stereocenters. The minimum absolute atomic E-state index is 0.167. The van der Waals surface area contributed by atoms with Crippen LogP contribution >= 0.6 is 0 Å². The molecule has 5 heteroatoms. The number of nitrogens with one attached hydrogen (secondary N) is 1. The van der Waals surface area contributed by atoms with E-state index >= 15 is 0 Å². The van der Waals surface area contributed by atoms with E-state index in [1.165, 1.54) is 0 Å². The summed E-state index contributed by atoms with van der Waals surface area (Å²) in [5, 5.41) is 20.0. The zero-order valence-corrected chi connectivity index (χ0v) is 14.1. The van der Waals surface area contributed by atoms with Crippen LogP contribution in [-0.2, 0) is 12.8 Å². The summed E-state index contributed by atoms with van der Waals surface area (Å²) in [7, 11) is 0. The number of carbonyl (C=O) groups is 1. The summed E-state index contributed by atoms with van der Waals surface area (Å²) < 4.78 is 6.24. The van der Waals surface area contributed by atoms with Crippen LogP contribution in [0.2, 0.25) is 0 Å². The third-order valence-electron chi connectivity index (χ3n) is 4.97. The quantitative estimate of drug-likeness (QED) is 0.658. The number of phenolic OH excluding ortho intramolecular Hbond substituents is 1. The Hall–Kier alpha value is -2.95. The number of hydrogen-bond donors (Lipinski definition) is 3. The fraction of sp³-hybridized carbons (Fsp3) is 0.250. The molecule has 0 saturated carbocycles. The maximum atomic E-state index is 11.2. The lowest BCUT2D eigenvalue weighted by Gasteiger charge is -2.16. The molecule has 1 heterocycles. The zero-order chi connectivity index (χ0) is 17.7. The Morgan fingerprint density at radius 2 is 1.92 bits per heavy atom. The average molecular weight is 337 g/mol. The Balaban J connectivity index is 1.83. The predicted molar refractivity (Wildman–Crippen MR) is 94.9 cm³/mol. The van der Waals surface area contributed by atoms with Crippen molar-refractivity contribution >= 4 is 16.9 Å². The van der Waals surface area contributed by atoms with E-state index < -0.39 is 5.97 Å². The highest BCUT2D eigenvalue weighted by Crippen LogP contribution is 2.41. The van der Waals surface area contributed by atoms with Crippen molar-refractivity contribution < 1.29 is 19.7 Å². The van der Waals surface area contributed by atoms with E-state index in [9.17, 15) is 15.0 Å². The van der Waals surface area contributed by atoms with E-state index in [0.29, 0.717) is 5.75 Å². The molecule has 3 N–H and O–H groups in total. The van der Waals surface area contributed by atoms with Crippen LogP contribution in [0.3, 0.4) is 0 Å². The van der Waals surface area contributed by atoms with E-state index in [0.717, 1.165) is 63.9 Å². The molecule has 0 unspecified atom stereocenters. The van der Waals surface area contributed by atoms with Gasteiger partial charge in [0.1, 0.15) is 22.9 Å². The molecule has 5 nitrogen and oxygen atoms in total. The Bertz CT molecular complexity index is 1020. The number of benzene rings is 2. The number of carboxylic acid groups (broad SMARTS) is 1. The molecular weight excluding hydrogens is 318 g/mol. The lowest BCUT2D eigenvalue weighted by Crippen LogP contribution is -1.96. The maximum Gasteiger partial charge on any atom is 0.352 e. The van der Waals surface area contributed by atoms with Gasteiger partial charge in [0.15, 0.2) is 0 Å². The van der Waals surface area contributed by atoms with Gasteiger partial charge in [-0.3, -0.25) is 0 Å². The van der Waals surface area contributed by atoms with Gasteiger partial charge in [0.05, 0.1) is 0 Å². The number of aryl methyl sites for hydroxylation is 2. The molecule has 0 aliphatic heterocycles. The zero-order valence-electron chi connectivity index (χ0n) is 14.1. The molecule has 25 heavy (non-hydrogen) atoms. The van der Waals surface area contributed by atoms with Gasteiger partial charge in [0, 0.05) is 27.6 Å². The number of ether oxygens (including phenoxy) is 1. The van der Waals surface area contributed by atoms with Gasteiger partial charge < -0.3 is 19.9 Å². The van der Waals surface area contributed by atoms with Gasteiger partial charge in [-0.1, -0.05) is 0 Å². The third-order valence-corrected chi connectivity index (χ3v) is 4.97. The summed E-state index contributed by atoms with van der Waals surface area (Å²) in [5.74, 6) is 0.862. The smallest absolute Gasteiger partial charge is 0.352 e. The van der Waals surface area contributed by atoms with Gasteiger partial charge in [-0.05, 0) is 62.9 Å². The Labute approximate surface area is 144 Å². The number of fused-ring (bicyclic) bond motifs is 2. The Morgan fingerprint density at radius 1 is 1.16 bits per heavy atom. The summed E-state index contributed by atoms with van der Waals surface area (Å²) in [6.45, 7) is 3.88. The molecule has 1 aliphatic rings. The summed E-state index contributed by atoms with van der Waals surface area (Å²) in [5.41, 5.74) is 4.83. The van der Waals surface area contributed by atoms with Crippen molar-refractivity contribution in [3.63, 3.8) is 0 Å². The molecule has 128 valence electrons. The topological polar surface area (TPSA) is 82.6 Å². The number of aromatic carboxylic acids is 1. The molecule has 1 aliphatic carbocycles. The Kier molecular flexibility index (Phi) is 3.46. The first-order valence-corrected chi connectivity index (χ1v) is 8.33. The molecule has 0 amide bonds. The van der Waals surface area contributed by atoms with Crippen molar-refractivity contribution in [2.75, 3.05) is 0 Å². The van der Waals surface area contributed by atoms with Crippen LogP contribution in [0.5, 0.6) is 17.2 Å². The summed E-state index contributed by atoms with van der Waals surface area (Å²) in [4.78, 5) is 14.1. The highest BCUT2D eigenvalue weighted by Gasteiger charge is 2.21. The Morgan fingerprint density at radius 3 is 2.68 bits per heavy atom. The third kappa shape index (κ3) is 2.43. The van der Waals surface area contributed by atoms with Crippen LogP contribution in [0.25, 0.3) is 10.9 Å². The van der Waals surface area contributed by atoms with Gasteiger partial charge in [0.2, 0.25) is 0 Å². The van der Waals surface area contributed by atoms with Crippen molar-refractivity contribution in [3.05, 3.63) is 52.2 Å². The van der Waals surface area contributed by atoms with Crippen molar-refractivity contribution in [1.29, 1.82) is 0 Å². The number of hydrogen-bond acceptors (Lipinski definition) is 3. The van der Waals surface area contributed by atoms with E-state index in [-0.39, 0.29) is 5.69 Å². The van der Waals surface area contributed by atoms with E-state index in [4.69, 9.17) is 4.74 Å². The van der Waals surface area contributed by atoms with E-state index in [2.05, 4.69) is 4.98 Å². The first-order chi connectivity index (χ1) is 12.0. The standard InChI is InChI=1S/C20H19NO4/c1-10-8-15-14(9-16(21-15)20(23)24)11(2)19(10)25-18-7-6-17(22)12-4-3-5-13(12)18/h6-9,21-22H,3-5H2,1-2H3,(H,23,24). The fourth-order valence-electron chi connectivity index (χ4n) is 3.73. The highest BCUT2D eigenvalue weighted by molar-refractivity contribution is 5.96. The van der Waals surface area contributed by atoms with Crippen LogP contribution in [-0.4, -0.2) is 21.2 Å². The number of H-pyrrole nitrogens is 1. The number of rotatable bonds is 3. The van der Waals surface area contributed by atoms with Crippen LogP contribution in [0, 0.1) is 13.8 Å². The SMILES string of the molecule is Cc1cc2[nH]c(C(=O)O)cc2c(C)c1Oc1ccc(O)c2c1CCC2. The molecule has 0 radical (unpaired) electrons. The van der Waals surface area contributed by atoms with Gasteiger partial charge in [-0.25, -0.2) is 4.79 Å². The number of phenols is 1. The number of aromatic amines is 1. The minimum atomic E-state index is -0.980.